The van der Waals surface area contributed by atoms with Gasteiger partial charge in [-0.15, -0.1) is 0 Å². The standard InChI is InChI=1S/C18H27BN2O5/c20-18(17(23)24)13-21(12-15(18)9-5-11-19(25)26)16(22)10-4-8-14-6-2-1-3-7-14/h1-3,6-7,15,25-26H,4-5,8-13,20H2,(H,23,24). The Labute approximate surface area is 154 Å². The number of carbonyl (C=O) groups excluding carboxylic acids is 1. The first-order chi connectivity index (χ1) is 12.3. The van der Waals surface area contributed by atoms with Crippen LogP contribution in [-0.4, -0.2) is 57.7 Å². The smallest absolute Gasteiger partial charge is 0.451 e. The van der Waals surface area contributed by atoms with Gasteiger partial charge in [-0.3, -0.25) is 9.59 Å². The number of carboxylic acid groups (broad SMARTS) is 1. The Bertz CT molecular complexity index is 613. The summed E-state index contributed by atoms with van der Waals surface area (Å²) in [5, 5.41) is 27.4. The number of nitrogens with two attached hydrogens (primary N) is 1. The molecule has 5 N–H and O–H groups in total. The van der Waals surface area contributed by atoms with E-state index in [1.165, 1.54) is 5.56 Å². The van der Waals surface area contributed by atoms with Crippen LogP contribution in [0.25, 0.3) is 0 Å². The van der Waals surface area contributed by atoms with E-state index in [4.69, 9.17) is 15.8 Å². The number of benzene rings is 1. The summed E-state index contributed by atoms with van der Waals surface area (Å²) in [5.74, 6) is -1.59. The second-order valence-corrected chi connectivity index (χ2v) is 7.07. The molecule has 1 aromatic rings. The van der Waals surface area contributed by atoms with Crippen molar-refractivity contribution in [2.45, 2.75) is 44.0 Å². The van der Waals surface area contributed by atoms with Gasteiger partial charge in [-0.2, -0.15) is 0 Å². The quantitative estimate of drug-likeness (QED) is 0.475. The number of carbonyl (C=O) groups is 2. The molecule has 0 aromatic heterocycles. The molecule has 0 bridgehead atoms. The van der Waals surface area contributed by atoms with Crippen LogP contribution in [0.15, 0.2) is 30.3 Å². The third-order valence-corrected chi connectivity index (χ3v) is 5.09. The number of carboxylic acids is 1. The number of nitrogens with zero attached hydrogens (tertiary/aromatic N) is 1. The van der Waals surface area contributed by atoms with Gasteiger partial charge in [0.25, 0.3) is 0 Å². The predicted octanol–water partition coefficient (Wildman–Crippen LogP) is 0.503. The SMILES string of the molecule is NC1(C(=O)O)CN(C(=O)CCCc2ccccc2)CC1CCCB(O)O. The zero-order valence-corrected chi connectivity index (χ0v) is 14.9. The highest BCUT2D eigenvalue weighted by molar-refractivity contribution is 6.40. The first kappa shape index (κ1) is 20.4. The third kappa shape index (κ3) is 5.30. The van der Waals surface area contributed by atoms with Crippen LogP contribution in [0.2, 0.25) is 6.32 Å². The average molecular weight is 362 g/mol. The summed E-state index contributed by atoms with van der Waals surface area (Å²) < 4.78 is 0. The molecule has 0 spiro atoms. The van der Waals surface area contributed by atoms with Crippen LogP contribution in [0, 0.1) is 5.92 Å². The fraction of sp³-hybridized carbons (Fsp3) is 0.556. The van der Waals surface area contributed by atoms with Crippen LogP contribution in [-0.2, 0) is 16.0 Å². The van der Waals surface area contributed by atoms with Crippen molar-refractivity contribution in [1.29, 1.82) is 0 Å². The molecule has 1 amide bonds. The molecule has 1 aliphatic rings. The maximum Gasteiger partial charge on any atom is 0.451 e. The lowest BCUT2D eigenvalue weighted by Crippen LogP contribution is -2.55. The van der Waals surface area contributed by atoms with Gasteiger partial charge in [0.15, 0.2) is 0 Å². The van der Waals surface area contributed by atoms with E-state index >= 15 is 0 Å². The van der Waals surface area contributed by atoms with E-state index in [-0.39, 0.29) is 18.8 Å². The monoisotopic (exact) mass is 362 g/mol. The Morgan fingerprint density at radius 2 is 1.92 bits per heavy atom. The molecule has 0 saturated carbocycles. The molecular weight excluding hydrogens is 335 g/mol. The summed E-state index contributed by atoms with van der Waals surface area (Å²) in [6.07, 6.45) is 2.90. The van der Waals surface area contributed by atoms with Gasteiger partial charge in [-0.1, -0.05) is 36.8 Å². The highest BCUT2D eigenvalue weighted by Crippen LogP contribution is 2.31. The molecule has 1 aromatic carbocycles. The van der Waals surface area contributed by atoms with E-state index in [9.17, 15) is 14.7 Å². The fourth-order valence-electron chi connectivity index (χ4n) is 3.51. The first-order valence-electron chi connectivity index (χ1n) is 9.03. The average Bonchev–Trinajstić information content (AvgIpc) is 2.94. The van der Waals surface area contributed by atoms with Gasteiger partial charge >= 0.3 is 13.1 Å². The van der Waals surface area contributed by atoms with Crippen molar-refractivity contribution in [3.8, 4) is 0 Å². The van der Waals surface area contributed by atoms with Gasteiger partial charge in [0.05, 0.1) is 0 Å². The number of likely N-dealkylation sites (tertiary alicyclic amines) is 1. The fourth-order valence-corrected chi connectivity index (χ4v) is 3.51. The molecule has 8 heteroatoms. The van der Waals surface area contributed by atoms with Gasteiger partial charge in [0.1, 0.15) is 5.54 Å². The normalized spacial score (nSPS) is 22.4. The van der Waals surface area contributed by atoms with E-state index in [1.54, 1.807) is 4.90 Å². The Hall–Kier alpha value is -1.90. The zero-order chi connectivity index (χ0) is 19.2. The minimum absolute atomic E-state index is 0.00114. The van der Waals surface area contributed by atoms with E-state index in [1.807, 2.05) is 30.3 Å². The molecule has 1 heterocycles. The maximum atomic E-state index is 12.5. The van der Waals surface area contributed by atoms with Crippen molar-refractivity contribution in [3.63, 3.8) is 0 Å². The molecule has 142 valence electrons. The maximum absolute atomic E-state index is 12.5. The molecule has 0 radical (unpaired) electrons. The molecule has 2 unspecified atom stereocenters. The molecule has 1 saturated heterocycles. The van der Waals surface area contributed by atoms with Crippen molar-refractivity contribution in [2.24, 2.45) is 11.7 Å². The van der Waals surface area contributed by atoms with Crippen LogP contribution in [0.3, 0.4) is 0 Å². The van der Waals surface area contributed by atoms with Crippen molar-refractivity contribution >= 4 is 19.0 Å². The van der Waals surface area contributed by atoms with E-state index in [2.05, 4.69) is 0 Å². The number of aryl methyl sites for hydroxylation is 1. The van der Waals surface area contributed by atoms with Gasteiger partial charge in [0, 0.05) is 25.4 Å². The van der Waals surface area contributed by atoms with Crippen LogP contribution < -0.4 is 5.73 Å². The second kappa shape index (κ2) is 9.16. The topological polar surface area (TPSA) is 124 Å². The van der Waals surface area contributed by atoms with Gasteiger partial charge in [-0.05, 0) is 31.1 Å². The summed E-state index contributed by atoms with van der Waals surface area (Å²) in [7, 11) is -1.41. The Balaban J connectivity index is 1.88. The molecular formula is C18H27BN2O5. The Morgan fingerprint density at radius 3 is 2.54 bits per heavy atom. The molecule has 2 atom stereocenters. The lowest BCUT2D eigenvalue weighted by atomic mass is 9.78. The van der Waals surface area contributed by atoms with Crippen LogP contribution in [0.5, 0.6) is 0 Å². The van der Waals surface area contributed by atoms with Gasteiger partial charge in [0.2, 0.25) is 5.91 Å². The minimum Gasteiger partial charge on any atom is -0.480 e. The molecule has 1 fully saturated rings. The number of hydrogen-bond acceptors (Lipinski definition) is 5. The van der Waals surface area contributed by atoms with E-state index in [0.717, 1.165) is 6.42 Å². The number of hydrogen-bond donors (Lipinski definition) is 4. The summed E-state index contributed by atoms with van der Waals surface area (Å²) in [4.78, 5) is 25.6. The third-order valence-electron chi connectivity index (χ3n) is 5.09. The molecule has 0 aliphatic carbocycles. The number of rotatable bonds is 9. The number of amides is 1. The van der Waals surface area contributed by atoms with Crippen LogP contribution in [0.1, 0.15) is 31.2 Å². The highest BCUT2D eigenvalue weighted by Gasteiger charge is 2.50. The van der Waals surface area contributed by atoms with Crippen molar-refractivity contribution in [3.05, 3.63) is 35.9 Å². The molecule has 7 nitrogen and oxygen atoms in total. The first-order valence-corrected chi connectivity index (χ1v) is 9.03. The van der Waals surface area contributed by atoms with Crippen LogP contribution in [0.4, 0.5) is 0 Å². The van der Waals surface area contributed by atoms with Gasteiger partial charge in [-0.25, -0.2) is 0 Å². The summed E-state index contributed by atoms with van der Waals surface area (Å²) >= 11 is 0. The second-order valence-electron chi connectivity index (χ2n) is 7.07. The van der Waals surface area contributed by atoms with E-state index < -0.39 is 24.5 Å². The van der Waals surface area contributed by atoms with Crippen molar-refractivity contribution < 1.29 is 24.7 Å². The lowest BCUT2D eigenvalue weighted by molar-refractivity contribution is -0.144. The van der Waals surface area contributed by atoms with Crippen molar-refractivity contribution in [1.82, 2.24) is 4.90 Å². The Kier molecular flexibility index (Phi) is 7.19. The lowest BCUT2D eigenvalue weighted by Gasteiger charge is -2.25. The highest BCUT2D eigenvalue weighted by atomic mass is 16.4. The number of aliphatic carboxylic acids is 1. The largest absolute Gasteiger partial charge is 0.480 e. The summed E-state index contributed by atoms with van der Waals surface area (Å²) in [6.45, 7) is 0.299. The summed E-state index contributed by atoms with van der Waals surface area (Å²) in [5.41, 5.74) is 5.78. The Morgan fingerprint density at radius 1 is 1.23 bits per heavy atom. The zero-order valence-electron chi connectivity index (χ0n) is 14.9. The van der Waals surface area contributed by atoms with E-state index in [0.29, 0.717) is 32.2 Å². The van der Waals surface area contributed by atoms with Crippen LogP contribution >= 0.6 is 0 Å². The molecule has 2 rings (SSSR count). The predicted molar refractivity (Wildman–Crippen MR) is 98.2 cm³/mol. The minimum atomic E-state index is -1.48. The molecule has 26 heavy (non-hydrogen) atoms. The summed E-state index contributed by atoms with van der Waals surface area (Å²) in [6, 6.07) is 9.90. The van der Waals surface area contributed by atoms with Gasteiger partial charge < -0.3 is 25.8 Å². The van der Waals surface area contributed by atoms with Crippen molar-refractivity contribution in [2.75, 3.05) is 13.1 Å². The molecule has 1 aliphatic heterocycles.